The molecule has 1 aliphatic heterocycles. The molecule has 0 saturated heterocycles. The van der Waals surface area contributed by atoms with Gasteiger partial charge in [0.05, 0.1) is 21.2 Å². The molecule has 0 aliphatic carbocycles. The molecular weight excluding hydrogens is 355 g/mol. The number of amides is 3. The van der Waals surface area contributed by atoms with Crippen LogP contribution in [0, 0.1) is 12.4 Å². The number of thiophene rings is 1. The normalized spacial score (nSPS) is 15.5. The summed E-state index contributed by atoms with van der Waals surface area (Å²) in [6, 6.07) is 4.85. The van der Waals surface area contributed by atoms with Crippen LogP contribution < -0.4 is 10.6 Å². The molecule has 1 aliphatic rings. The molecular formula is C16H11ClFN2O3S. The maximum Gasteiger partial charge on any atom is 0.326 e. The van der Waals surface area contributed by atoms with Gasteiger partial charge in [0.25, 0.3) is 5.91 Å². The van der Waals surface area contributed by atoms with E-state index < -0.39 is 17.8 Å². The Morgan fingerprint density at radius 2 is 2.21 bits per heavy atom. The maximum atomic E-state index is 13.9. The number of anilines is 1. The highest BCUT2D eigenvalue weighted by atomic mass is 35.5. The van der Waals surface area contributed by atoms with Crippen molar-refractivity contribution in [2.24, 2.45) is 5.73 Å². The van der Waals surface area contributed by atoms with Crippen molar-refractivity contribution in [3.05, 3.63) is 57.5 Å². The zero-order chi connectivity index (χ0) is 17.4. The Bertz CT molecular complexity index is 864. The first-order valence-electron chi connectivity index (χ1n) is 6.81. The minimum atomic E-state index is -0.982. The summed E-state index contributed by atoms with van der Waals surface area (Å²) < 4.78 is 19.5. The highest BCUT2D eigenvalue weighted by molar-refractivity contribution is 7.11. The third-order valence-electron chi connectivity index (χ3n) is 3.39. The monoisotopic (exact) mass is 365 g/mol. The minimum Gasteiger partial charge on any atom is -0.485 e. The number of carbonyl (C=O) groups is 2. The van der Waals surface area contributed by atoms with Crippen LogP contribution in [-0.4, -0.2) is 11.9 Å². The lowest BCUT2D eigenvalue weighted by atomic mass is 10.0. The third kappa shape index (κ3) is 2.55. The van der Waals surface area contributed by atoms with Gasteiger partial charge in [-0.1, -0.05) is 17.7 Å². The van der Waals surface area contributed by atoms with E-state index in [4.69, 9.17) is 22.1 Å². The van der Waals surface area contributed by atoms with Crippen molar-refractivity contribution >= 4 is 51.9 Å². The van der Waals surface area contributed by atoms with Crippen molar-refractivity contribution in [1.82, 2.24) is 0 Å². The van der Waals surface area contributed by atoms with E-state index in [0.717, 1.165) is 11.0 Å². The van der Waals surface area contributed by atoms with Gasteiger partial charge in [0.15, 0.2) is 5.76 Å². The van der Waals surface area contributed by atoms with Crippen LogP contribution in [-0.2, 0) is 9.53 Å². The SMILES string of the molecule is C[CH]O/C(=C1\C(=O)N(C(N)=O)c2cc(Cl)c(F)cc21)c1cccs1. The molecule has 24 heavy (non-hydrogen) atoms. The molecule has 2 aromatic rings. The number of halogens is 2. The topological polar surface area (TPSA) is 72.6 Å². The summed E-state index contributed by atoms with van der Waals surface area (Å²) >= 11 is 7.12. The van der Waals surface area contributed by atoms with Crippen molar-refractivity contribution in [2.45, 2.75) is 6.92 Å². The highest BCUT2D eigenvalue weighted by Gasteiger charge is 2.39. The number of carbonyl (C=O) groups excluding carboxylic acids is 2. The van der Waals surface area contributed by atoms with Crippen molar-refractivity contribution in [1.29, 1.82) is 0 Å². The lowest BCUT2D eigenvalue weighted by Gasteiger charge is -2.12. The molecule has 1 radical (unpaired) electrons. The molecule has 0 fully saturated rings. The zero-order valence-corrected chi connectivity index (χ0v) is 14.0. The molecule has 123 valence electrons. The van der Waals surface area contributed by atoms with E-state index in [1.54, 1.807) is 19.1 Å². The molecule has 0 saturated carbocycles. The van der Waals surface area contributed by atoms with Gasteiger partial charge >= 0.3 is 6.03 Å². The summed E-state index contributed by atoms with van der Waals surface area (Å²) in [5, 5.41) is 1.60. The van der Waals surface area contributed by atoms with Crippen molar-refractivity contribution in [3.63, 3.8) is 0 Å². The molecule has 0 atom stereocenters. The van der Waals surface area contributed by atoms with Crippen LogP contribution in [0.3, 0.4) is 0 Å². The van der Waals surface area contributed by atoms with E-state index in [-0.39, 0.29) is 27.6 Å². The average Bonchev–Trinajstić information content (AvgIpc) is 3.12. The average molecular weight is 366 g/mol. The number of nitrogens with two attached hydrogens (primary N) is 1. The largest absolute Gasteiger partial charge is 0.485 e. The number of hydrogen-bond donors (Lipinski definition) is 1. The van der Waals surface area contributed by atoms with Gasteiger partial charge in [-0.15, -0.1) is 11.3 Å². The minimum absolute atomic E-state index is 0.0555. The number of imide groups is 1. The molecule has 0 spiro atoms. The first kappa shape index (κ1) is 16.5. The van der Waals surface area contributed by atoms with Crippen LogP contribution in [0.15, 0.2) is 29.6 Å². The lowest BCUT2D eigenvalue weighted by Crippen LogP contribution is -2.38. The first-order chi connectivity index (χ1) is 11.5. The van der Waals surface area contributed by atoms with Gasteiger partial charge in [0.1, 0.15) is 12.4 Å². The number of ether oxygens (including phenoxy) is 1. The van der Waals surface area contributed by atoms with Crippen molar-refractivity contribution in [2.75, 3.05) is 4.90 Å². The van der Waals surface area contributed by atoms with E-state index >= 15 is 0 Å². The highest BCUT2D eigenvalue weighted by Crippen LogP contribution is 2.43. The van der Waals surface area contributed by atoms with Gasteiger partial charge in [0.2, 0.25) is 0 Å². The number of primary amides is 1. The Morgan fingerprint density at radius 3 is 2.79 bits per heavy atom. The number of rotatable bonds is 3. The summed E-state index contributed by atoms with van der Waals surface area (Å²) in [5.41, 5.74) is 5.69. The predicted octanol–water partition coefficient (Wildman–Crippen LogP) is 4.03. The molecule has 0 unspecified atom stereocenters. The van der Waals surface area contributed by atoms with Gasteiger partial charge < -0.3 is 10.5 Å². The van der Waals surface area contributed by atoms with Crippen LogP contribution in [0.25, 0.3) is 11.3 Å². The Balaban J connectivity index is 2.33. The van der Waals surface area contributed by atoms with Gasteiger partial charge in [0, 0.05) is 5.56 Å². The quantitative estimate of drug-likeness (QED) is 0.659. The van der Waals surface area contributed by atoms with E-state index in [1.165, 1.54) is 24.0 Å². The lowest BCUT2D eigenvalue weighted by molar-refractivity contribution is -0.112. The van der Waals surface area contributed by atoms with E-state index in [0.29, 0.717) is 4.88 Å². The number of fused-ring (bicyclic) bond motifs is 1. The molecule has 5 nitrogen and oxygen atoms in total. The number of hydrogen-bond acceptors (Lipinski definition) is 4. The van der Waals surface area contributed by atoms with Gasteiger partial charge in [-0.25, -0.2) is 14.1 Å². The Hall–Kier alpha value is -2.38. The molecule has 1 aromatic heterocycles. The van der Waals surface area contributed by atoms with Crippen LogP contribution in [0.2, 0.25) is 5.02 Å². The van der Waals surface area contributed by atoms with E-state index in [9.17, 15) is 14.0 Å². The number of benzene rings is 1. The molecule has 1 aromatic carbocycles. The number of urea groups is 1. The Labute approximate surface area is 146 Å². The van der Waals surface area contributed by atoms with Gasteiger partial charge in [-0.3, -0.25) is 4.79 Å². The van der Waals surface area contributed by atoms with E-state index in [2.05, 4.69) is 0 Å². The second-order valence-electron chi connectivity index (χ2n) is 4.80. The maximum absolute atomic E-state index is 13.9. The summed E-state index contributed by atoms with van der Waals surface area (Å²) in [4.78, 5) is 25.9. The fourth-order valence-electron chi connectivity index (χ4n) is 2.46. The summed E-state index contributed by atoms with van der Waals surface area (Å²) in [7, 11) is 0. The fourth-order valence-corrected chi connectivity index (χ4v) is 3.34. The predicted molar refractivity (Wildman–Crippen MR) is 90.7 cm³/mol. The Kier molecular flexibility index (Phi) is 4.29. The second kappa shape index (κ2) is 6.26. The summed E-state index contributed by atoms with van der Waals surface area (Å²) in [6.45, 7) is 3.04. The van der Waals surface area contributed by atoms with Crippen molar-refractivity contribution in [3.8, 4) is 0 Å². The molecule has 2 heterocycles. The molecule has 2 N–H and O–H groups in total. The van der Waals surface area contributed by atoms with Crippen molar-refractivity contribution < 1.29 is 18.7 Å². The van der Waals surface area contributed by atoms with Crippen LogP contribution in [0.5, 0.6) is 0 Å². The number of nitrogens with zero attached hydrogens (tertiary/aromatic N) is 1. The third-order valence-corrected chi connectivity index (χ3v) is 4.55. The summed E-state index contributed by atoms with van der Waals surface area (Å²) in [5.74, 6) is -1.17. The summed E-state index contributed by atoms with van der Waals surface area (Å²) in [6.07, 6.45) is 0. The van der Waals surface area contributed by atoms with Crippen LogP contribution in [0.4, 0.5) is 14.9 Å². The molecule has 0 bridgehead atoms. The first-order valence-corrected chi connectivity index (χ1v) is 8.07. The zero-order valence-electron chi connectivity index (χ0n) is 12.4. The second-order valence-corrected chi connectivity index (χ2v) is 6.15. The smallest absolute Gasteiger partial charge is 0.326 e. The molecule has 8 heteroatoms. The Morgan fingerprint density at radius 1 is 1.46 bits per heavy atom. The molecule has 3 amide bonds. The molecule has 3 rings (SSSR count). The standard InChI is InChI=1S/C16H11ClFN2O3S/c1-2-23-14(12-4-3-5-24-12)13-8-6-10(18)9(17)7-11(8)20(15(13)21)16(19)22/h2-7H,1H3,(H2,19,22)/b14-13-. The van der Waals surface area contributed by atoms with Crippen LogP contribution >= 0.6 is 22.9 Å². The fraction of sp³-hybridized carbons (Fsp3) is 0.0625. The van der Waals surface area contributed by atoms with Gasteiger partial charge in [-0.2, -0.15) is 0 Å². The van der Waals surface area contributed by atoms with Gasteiger partial charge in [-0.05, 0) is 30.5 Å². The van der Waals surface area contributed by atoms with E-state index in [1.807, 2.05) is 5.38 Å². The van der Waals surface area contributed by atoms with Crippen LogP contribution in [0.1, 0.15) is 17.4 Å².